The summed E-state index contributed by atoms with van der Waals surface area (Å²) >= 11 is 5.93. The molecule has 0 radical (unpaired) electrons. The Morgan fingerprint density at radius 3 is 2.32 bits per heavy atom. The van der Waals surface area contributed by atoms with Crippen molar-refractivity contribution in [2.24, 2.45) is 0 Å². The van der Waals surface area contributed by atoms with Crippen LogP contribution in [0.15, 0.2) is 54.6 Å². The third-order valence-electron chi connectivity index (χ3n) is 4.21. The SMILES string of the molecule is ON(O)C1CN(Cc2ccccc2)CC1c1ccc(Cl)cc1. The van der Waals surface area contributed by atoms with Gasteiger partial charge in [0.1, 0.15) is 0 Å². The predicted octanol–water partition coefficient (Wildman–Crippen LogP) is 3.39. The lowest BCUT2D eigenvalue weighted by Crippen LogP contribution is -2.35. The van der Waals surface area contributed by atoms with Crippen molar-refractivity contribution < 1.29 is 10.4 Å². The minimum atomic E-state index is -0.343. The van der Waals surface area contributed by atoms with Crippen LogP contribution in [0.3, 0.4) is 0 Å². The van der Waals surface area contributed by atoms with Gasteiger partial charge in [0.2, 0.25) is 0 Å². The predicted molar refractivity (Wildman–Crippen MR) is 85.1 cm³/mol. The largest absolute Gasteiger partial charge is 0.297 e. The number of hydrogen-bond acceptors (Lipinski definition) is 4. The molecule has 0 saturated carbocycles. The number of hydroxylamine groups is 2. The van der Waals surface area contributed by atoms with Gasteiger partial charge in [-0.1, -0.05) is 59.3 Å². The molecule has 116 valence electrons. The Kier molecular flexibility index (Phi) is 4.76. The van der Waals surface area contributed by atoms with Gasteiger partial charge in [0, 0.05) is 30.6 Å². The molecule has 2 unspecified atom stereocenters. The molecule has 2 aromatic carbocycles. The normalized spacial score (nSPS) is 22.4. The lowest BCUT2D eigenvalue weighted by molar-refractivity contribution is -0.331. The highest BCUT2D eigenvalue weighted by Crippen LogP contribution is 2.31. The number of benzene rings is 2. The monoisotopic (exact) mass is 318 g/mol. The first-order valence-electron chi connectivity index (χ1n) is 7.32. The molecule has 3 rings (SSSR count). The van der Waals surface area contributed by atoms with Gasteiger partial charge in [0.25, 0.3) is 0 Å². The molecule has 2 N–H and O–H groups in total. The number of nitrogens with zero attached hydrogens (tertiary/aromatic N) is 2. The van der Waals surface area contributed by atoms with E-state index in [2.05, 4.69) is 17.0 Å². The van der Waals surface area contributed by atoms with Gasteiger partial charge < -0.3 is 0 Å². The zero-order valence-electron chi connectivity index (χ0n) is 12.1. The average Bonchev–Trinajstić information content (AvgIpc) is 2.93. The standard InChI is InChI=1S/C17H19ClN2O2/c18-15-8-6-14(7-9-15)16-11-19(12-17(16)20(21)22)10-13-4-2-1-3-5-13/h1-9,16-17,21-22H,10-12H2. The van der Waals surface area contributed by atoms with Crippen LogP contribution in [0.4, 0.5) is 0 Å². The fourth-order valence-corrected chi connectivity index (χ4v) is 3.23. The van der Waals surface area contributed by atoms with Gasteiger partial charge in [0.15, 0.2) is 0 Å². The smallest absolute Gasteiger partial charge is 0.0831 e. The summed E-state index contributed by atoms with van der Waals surface area (Å²) in [7, 11) is 0. The van der Waals surface area contributed by atoms with Crippen LogP contribution in [-0.4, -0.2) is 39.7 Å². The molecule has 1 heterocycles. The van der Waals surface area contributed by atoms with Crippen LogP contribution in [0, 0.1) is 0 Å². The molecule has 1 aliphatic rings. The van der Waals surface area contributed by atoms with Crippen LogP contribution < -0.4 is 0 Å². The number of rotatable bonds is 4. The van der Waals surface area contributed by atoms with Gasteiger partial charge >= 0.3 is 0 Å². The van der Waals surface area contributed by atoms with Crippen molar-refractivity contribution in [3.05, 3.63) is 70.7 Å². The Morgan fingerprint density at radius 1 is 1.00 bits per heavy atom. The van der Waals surface area contributed by atoms with Crippen LogP contribution in [0.25, 0.3) is 0 Å². The van der Waals surface area contributed by atoms with E-state index in [9.17, 15) is 10.4 Å². The lowest BCUT2D eigenvalue weighted by Gasteiger charge is -2.21. The van der Waals surface area contributed by atoms with Gasteiger partial charge in [-0.2, -0.15) is 0 Å². The third-order valence-corrected chi connectivity index (χ3v) is 4.46. The molecule has 2 aromatic rings. The van der Waals surface area contributed by atoms with Crippen molar-refractivity contribution in [3.63, 3.8) is 0 Å². The number of likely N-dealkylation sites (tertiary alicyclic amines) is 1. The molecule has 0 spiro atoms. The van der Waals surface area contributed by atoms with Crippen molar-refractivity contribution in [2.45, 2.75) is 18.5 Å². The maximum absolute atomic E-state index is 9.56. The molecule has 1 fully saturated rings. The van der Waals surface area contributed by atoms with Crippen molar-refractivity contribution >= 4 is 11.6 Å². The Bertz CT molecular complexity index is 604. The average molecular weight is 319 g/mol. The van der Waals surface area contributed by atoms with E-state index in [1.54, 1.807) is 0 Å². The van der Waals surface area contributed by atoms with E-state index in [0.717, 1.165) is 18.7 Å². The summed E-state index contributed by atoms with van der Waals surface area (Å²) in [5.41, 5.74) is 2.29. The zero-order chi connectivity index (χ0) is 15.5. The molecule has 22 heavy (non-hydrogen) atoms. The maximum Gasteiger partial charge on any atom is 0.0831 e. The summed E-state index contributed by atoms with van der Waals surface area (Å²) in [5, 5.41) is 20.2. The third kappa shape index (κ3) is 3.48. The minimum absolute atomic E-state index is 0.0379. The van der Waals surface area contributed by atoms with Crippen LogP contribution in [0.1, 0.15) is 17.0 Å². The number of hydrogen-bond donors (Lipinski definition) is 2. The molecular weight excluding hydrogens is 300 g/mol. The second kappa shape index (κ2) is 6.77. The summed E-state index contributed by atoms with van der Waals surface area (Å²) in [4.78, 5) is 2.23. The summed E-state index contributed by atoms with van der Waals surface area (Å²) in [6.07, 6.45) is 0. The molecule has 0 aromatic heterocycles. The molecule has 0 amide bonds. The molecule has 4 nitrogen and oxygen atoms in total. The maximum atomic E-state index is 9.56. The van der Waals surface area contributed by atoms with Crippen molar-refractivity contribution in [2.75, 3.05) is 13.1 Å². The lowest BCUT2D eigenvalue weighted by atomic mass is 9.95. The highest BCUT2D eigenvalue weighted by atomic mass is 35.5. The van der Waals surface area contributed by atoms with Crippen LogP contribution in [0.2, 0.25) is 5.02 Å². The van der Waals surface area contributed by atoms with E-state index in [-0.39, 0.29) is 12.0 Å². The van der Waals surface area contributed by atoms with Gasteiger partial charge in [0.05, 0.1) is 6.04 Å². The van der Waals surface area contributed by atoms with Crippen molar-refractivity contribution in [3.8, 4) is 0 Å². The van der Waals surface area contributed by atoms with E-state index in [4.69, 9.17) is 11.6 Å². The van der Waals surface area contributed by atoms with Gasteiger partial charge in [-0.15, -0.1) is 0 Å². The number of halogens is 1. The Hall–Kier alpha value is -1.43. The summed E-state index contributed by atoms with van der Waals surface area (Å²) in [6.45, 7) is 2.18. The van der Waals surface area contributed by atoms with Gasteiger partial charge in [-0.05, 0) is 23.3 Å². The molecule has 0 bridgehead atoms. The first-order valence-corrected chi connectivity index (χ1v) is 7.70. The highest BCUT2D eigenvalue weighted by molar-refractivity contribution is 6.30. The summed E-state index contributed by atoms with van der Waals surface area (Å²) in [5.74, 6) is 0.0379. The second-order valence-corrected chi connectivity index (χ2v) is 6.16. The molecule has 0 aliphatic carbocycles. The molecular formula is C17H19ClN2O2. The van der Waals surface area contributed by atoms with E-state index in [1.165, 1.54) is 5.56 Å². The quantitative estimate of drug-likeness (QED) is 0.848. The molecule has 2 atom stereocenters. The van der Waals surface area contributed by atoms with Gasteiger partial charge in [-0.3, -0.25) is 15.3 Å². The Balaban J connectivity index is 1.76. The summed E-state index contributed by atoms with van der Waals surface area (Å²) in [6, 6.07) is 17.4. The summed E-state index contributed by atoms with van der Waals surface area (Å²) < 4.78 is 0. The van der Waals surface area contributed by atoms with Crippen LogP contribution in [0.5, 0.6) is 0 Å². The minimum Gasteiger partial charge on any atom is -0.297 e. The second-order valence-electron chi connectivity index (χ2n) is 5.73. The zero-order valence-corrected chi connectivity index (χ0v) is 12.9. The van der Waals surface area contributed by atoms with Crippen molar-refractivity contribution in [1.82, 2.24) is 10.1 Å². The highest BCUT2D eigenvalue weighted by Gasteiger charge is 2.37. The molecule has 1 aliphatic heterocycles. The first-order chi connectivity index (χ1) is 10.6. The molecule has 1 saturated heterocycles. The van der Waals surface area contributed by atoms with E-state index < -0.39 is 0 Å². The topological polar surface area (TPSA) is 46.9 Å². The fourth-order valence-electron chi connectivity index (χ4n) is 3.11. The first kappa shape index (κ1) is 15.5. The van der Waals surface area contributed by atoms with E-state index >= 15 is 0 Å². The molecule has 5 heteroatoms. The fraction of sp³-hybridized carbons (Fsp3) is 0.294. The van der Waals surface area contributed by atoms with Crippen LogP contribution in [-0.2, 0) is 6.54 Å². The Labute approximate surface area is 135 Å². The van der Waals surface area contributed by atoms with Crippen LogP contribution >= 0.6 is 11.6 Å². The van der Waals surface area contributed by atoms with Gasteiger partial charge in [-0.25, -0.2) is 0 Å². The van der Waals surface area contributed by atoms with E-state index in [1.807, 2.05) is 42.5 Å². The van der Waals surface area contributed by atoms with E-state index in [0.29, 0.717) is 16.8 Å². The Morgan fingerprint density at radius 2 is 1.68 bits per heavy atom. The van der Waals surface area contributed by atoms with Crippen molar-refractivity contribution in [1.29, 1.82) is 0 Å².